The number of nitrogens with zero attached hydrogens (tertiary/aromatic N) is 3. The molecule has 170 valence electrons. The number of halogens is 1. The third-order valence-electron chi connectivity index (χ3n) is 5.85. The number of carbonyl (C=O) groups excluding carboxylic acids is 1. The van der Waals surface area contributed by atoms with Gasteiger partial charge >= 0.3 is 5.56 Å². The Morgan fingerprint density at radius 2 is 1.91 bits per heavy atom. The second kappa shape index (κ2) is 8.52. The number of methoxy groups -OCH3 is 3. The lowest BCUT2D eigenvalue weighted by molar-refractivity contribution is 0.112. The number of benzene rings is 1. The van der Waals surface area contributed by atoms with Gasteiger partial charge in [-0.05, 0) is 32.3 Å². The third kappa shape index (κ3) is 3.35. The first-order valence-electron chi connectivity index (χ1n) is 10.3. The standard InChI is InChI=1S/C22H25FN4O5/c1-12-18(23)22(29)27-17(24-12)10-14(25-27)15-7-5-6-8-26(15)19-13(11-28)9-16(30-2)20(31-3)21(19)32-4/h9-11,15,25H,5-8H2,1-4H3. The van der Waals surface area contributed by atoms with Crippen LogP contribution in [0.2, 0.25) is 0 Å². The van der Waals surface area contributed by atoms with E-state index in [1.165, 1.54) is 28.3 Å². The molecule has 0 bridgehead atoms. The van der Waals surface area contributed by atoms with E-state index < -0.39 is 11.4 Å². The van der Waals surface area contributed by atoms with E-state index in [1.807, 2.05) is 4.90 Å². The molecule has 1 fully saturated rings. The highest BCUT2D eigenvalue weighted by Crippen LogP contribution is 2.49. The second-order valence-electron chi connectivity index (χ2n) is 7.63. The molecule has 0 radical (unpaired) electrons. The van der Waals surface area contributed by atoms with Crippen LogP contribution in [-0.2, 0) is 0 Å². The predicted octanol–water partition coefficient (Wildman–Crippen LogP) is 3.04. The first kappa shape index (κ1) is 21.7. The molecular formula is C22H25FN4O5. The number of hydrogen-bond donors (Lipinski definition) is 1. The maximum Gasteiger partial charge on any atom is 0.308 e. The van der Waals surface area contributed by atoms with Crippen molar-refractivity contribution in [2.24, 2.45) is 0 Å². The molecule has 1 atom stereocenters. The Balaban J connectivity index is 1.90. The highest BCUT2D eigenvalue weighted by molar-refractivity contribution is 5.91. The molecular weight excluding hydrogens is 419 g/mol. The summed E-state index contributed by atoms with van der Waals surface area (Å²) in [4.78, 5) is 30.6. The molecule has 4 rings (SSSR count). The van der Waals surface area contributed by atoms with E-state index in [0.717, 1.165) is 30.1 Å². The van der Waals surface area contributed by atoms with Gasteiger partial charge in [-0.3, -0.25) is 14.7 Å². The highest BCUT2D eigenvalue weighted by Gasteiger charge is 2.32. The largest absolute Gasteiger partial charge is 0.493 e. The van der Waals surface area contributed by atoms with E-state index in [0.29, 0.717) is 46.4 Å². The molecule has 9 nitrogen and oxygen atoms in total. The van der Waals surface area contributed by atoms with Gasteiger partial charge in [0.2, 0.25) is 11.6 Å². The molecule has 3 heterocycles. The van der Waals surface area contributed by atoms with Crippen molar-refractivity contribution in [3.63, 3.8) is 0 Å². The van der Waals surface area contributed by atoms with E-state index in [-0.39, 0.29) is 11.7 Å². The fraction of sp³-hybridized carbons (Fsp3) is 0.409. The monoisotopic (exact) mass is 444 g/mol. The number of aromatic nitrogens is 3. The maximum absolute atomic E-state index is 14.1. The molecule has 1 saturated heterocycles. The van der Waals surface area contributed by atoms with Crippen LogP contribution in [0.5, 0.6) is 17.2 Å². The zero-order valence-corrected chi connectivity index (χ0v) is 18.4. The van der Waals surface area contributed by atoms with Crippen molar-refractivity contribution in [2.45, 2.75) is 32.2 Å². The van der Waals surface area contributed by atoms with E-state index >= 15 is 0 Å². The van der Waals surface area contributed by atoms with E-state index in [4.69, 9.17) is 14.2 Å². The lowest BCUT2D eigenvalue weighted by Gasteiger charge is -2.38. The fourth-order valence-electron chi connectivity index (χ4n) is 4.37. The molecule has 1 N–H and O–H groups in total. The first-order valence-corrected chi connectivity index (χ1v) is 10.3. The first-order chi connectivity index (χ1) is 15.4. The highest BCUT2D eigenvalue weighted by atomic mass is 19.1. The number of aromatic amines is 1. The molecule has 1 aliphatic rings. The molecule has 1 aromatic carbocycles. The van der Waals surface area contributed by atoms with Gasteiger partial charge < -0.3 is 19.1 Å². The number of nitrogens with one attached hydrogen (secondary N) is 1. The summed E-state index contributed by atoms with van der Waals surface area (Å²) in [5.41, 5.74) is 1.26. The molecule has 3 aromatic rings. The average molecular weight is 444 g/mol. The van der Waals surface area contributed by atoms with Crippen LogP contribution < -0.4 is 24.7 Å². The van der Waals surface area contributed by atoms with Gasteiger partial charge in [-0.2, -0.15) is 8.91 Å². The number of aldehydes is 1. The Labute approximate surface area is 183 Å². The fourth-order valence-corrected chi connectivity index (χ4v) is 4.37. The normalized spacial score (nSPS) is 16.3. The second-order valence-corrected chi connectivity index (χ2v) is 7.63. The molecule has 0 saturated carbocycles. The van der Waals surface area contributed by atoms with Gasteiger partial charge in [-0.25, -0.2) is 4.98 Å². The number of H-pyrrole nitrogens is 1. The Kier molecular flexibility index (Phi) is 5.77. The van der Waals surface area contributed by atoms with E-state index in [9.17, 15) is 14.0 Å². The van der Waals surface area contributed by atoms with Crippen LogP contribution in [0, 0.1) is 12.7 Å². The van der Waals surface area contributed by atoms with Crippen LogP contribution in [-0.4, -0.2) is 48.8 Å². The van der Waals surface area contributed by atoms with Gasteiger partial charge in [0, 0.05) is 18.2 Å². The quantitative estimate of drug-likeness (QED) is 0.584. The van der Waals surface area contributed by atoms with Crippen molar-refractivity contribution in [3.05, 3.63) is 45.3 Å². The predicted molar refractivity (Wildman–Crippen MR) is 116 cm³/mol. The van der Waals surface area contributed by atoms with Crippen molar-refractivity contribution in [1.82, 2.24) is 14.6 Å². The number of ether oxygens (including phenoxy) is 3. The number of anilines is 1. The van der Waals surface area contributed by atoms with E-state index in [2.05, 4.69) is 10.1 Å². The van der Waals surface area contributed by atoms with Crippen molar-refractivity contribution < 1.29 is 23.4 Å². The van der Waals surface area contributed by atoms with Crippen LogP contribution in [0.3, 0.4) is 0 Å². The SMILES string of the molecule is COc1cc(C=O)c(N2CCCCC2c2cc3nc(C)c(F)c(=O)n3[nH]2)c(OC)c1OC. The van der Waals surface area contributed by atoms with Crippen LogP contribution in [0.15, 0.2) is 16.9 Å². The number of carbonyl (C=O) groups is 1. The molecule has 0 spiro atoms. The summed E-state index contributed by atoms with van der Waals surface area (Å²) < 4.78 is 31.8. The summed E-state index contributed by atoms with van der Waals surface area (Å²) in [6.45, 7) is 2.10. The molecule has 1 unspecified atom stereocenters. The van der Waals surface area contributed by atoms with Crippen molar-refractivity contribution in [1.29, 1.82) is 0 Å². The molecule has 32 heavy (non-hydrogen) atoms. The molecule has 1 aliphatic heterocycles. The molecule has 0 aliphatic carbocycles. The van der Waals surface area contributed by atoms with Crippen LogP contribution in [0.25, 0.3) is 5.65 Å². The van der Waals surface area contributed by atoms with Gasteiger partial charge in [-0.15, -0.1) is 0 Å². The minimum absolute atomic E-state index is 0.0471. The lowest BCUT2D eigenvalue weighted by atomic mass is 9.96. The zero-order valence-electron chi connectivity index (χ0n) is 18.4. The smallest absolute Gasteiger partial charge is 0.308 e. The van der Waals surface area contributed by atoms with Crippen molar-refractivity contribution >= 4 is 17.6 Å². The summed E-state index contributed by atoms with van der Waals surface area (Å²) in [6.07, 6.45) is 3.34. The Morgan fingerprint density at radius 3 is 2.56 bits per heavy atom. The van der Waals surface area contributed by atoms with Gasteiger partial charge in [0.15, 0.2) is 23.4 Å². The van der Waals surface area contributed by atoms with Crippen LogP contribution in [0.4, 0.5) is 10.1 Å². The topological polar surface area (TPSA) is 98.2 Å². The van der Waals surface area contributed by atoms with Gasteiger partial charge in [0.05, 0.1) is 44.4 Å². The lowest BCUT2D eigenvalue weighted by Crippen LogP contribution is -2.35. The van der Waals surface area contributed by atoms with Gasteiger partial charge in [0.1, 0.15) is 0 Å². The van der Waals surface area contributed by atoms with Gasteiger partial charge in [0.25, 0.3) is 0 Å². The van der Waals surface area contributed by atoms with Crippen LogP contribution >= 0.6 is 0 Å². The summed E-state index contributed by atoms with van der Waals surface area (Å²) in [5.74, 6) is 0.263. The van der Waals surface area contributed by atoms with Gasteiger partial charge in [-0.1, -0.05) is 0 Å². The number of fused-ring (bicyclic) bond motifs is 1. The summed E-state index contributed by atoms with van der Waals surface area (Å²) in [5, 5.41) is 3.00. The third-order valence-corrected chi connectivity index (χ3v) is 5.85. The number of hydrogen-bond acceptors (Lipinski definition) is 7. The average Bonchev–Trinajstić information content (AvgIpc) is 3.24. The summed E-state index contributed by atoms with van der Waals surface area (Å²) in [7, 11) is 4.50. The van der Waals surface area contributed by atoms with Crippen molar-refractivity contribution in [3.8, 4) is 17.2 Å². The minimum Gasteiger partial charge on any atom is -0.493 e. The number of aryl methyl sites for hydroxylation is 1. The Hall–Kier alpha value is -3.56. The summed E-state index contributed by atoms with van der Waals surface area (Å²) in [6, 6.07) is 3.13. The Morgan fingerprint density at radius 1 is 1.16 bits per heavy atom. The molecule has 2 aromatic heterocycles. The number of rotatable bonds is 6. The number of piperidine rings is 1. The van der Waals surface area contributed by atoms with E-state index in [1.54, 1.807) is 12.1 Å². The van der Waals surface area contributed by atoms with Crippen molar-refractivity contribution in [2.75, 3.05) is 32.8 Å². The maximum atomic E-state index is 14.1. The van der Waals surface area contributed by atoms with Crippen LogP contribution in [0.1, 0.15) is 47.1 Å². The molecule has 10 heteroatoms. The Bertz CT molecular complexity index is 1240. The minimum atomic E-state index is -0.888. The molecule has 0 amide bonds. The summed E-state index contributed by atoms with van der Waals surface area (Å²) >= 11 is 0. The zero-order chi connectivity index (χ0) is 23.0.